The molecular formula is C19H28ClN3O2. The van der Waals surface area contributed by atoms with Crippen LogP contribution in [0.5, 0.6) is 0 Å². The number of hydrogen-bond acceptors (Lipinski definition) is 3. The lowest BCUT2D eigenvalue weighted by Gasteiger charge is -2.34. The Bertz CT molecular complexity index is 614. The first-order chi connectivity index (χ1) is 11.6. The molecule has 2 amide bonds. The fourth-order valence-electron chi connectivity index (χ4n) is 3.56. The van der Waals surface area contributed by atoms with E-state index in [9.17, 15) is 9.59 Å². The highest BCUT2D eigenvalue weighted by Crippen LogP contribution is 2.28. The molecule has 0 bridgehead atoms. The molecule has 138 valence electrons. The summed E-state index contributed by atoms with van der Waals surface area (Å²) in [5, 5.41) is 6.42. The van der Waals surface area contributed by atoms with Gasteiger partial charge in [0, 0.05) is 31.6 Å². The topological polar surface area (TPSA) is 61.4 Å². The van der Waals surface area contributed by atoms with Gasteiger partial charge >= 0.3 is 0 Å². The predicted molar refractivity (Wildman–Crippen MR) is 102 cm³/mol. The van der Waals surface area contributed by atoms with Gasteiger partial charge < -0.3 is 15.5 Å². The molecule has 0 unspecified atom stereocenters. The maximum Gasteiger partial charge on any atom is 0.227 e. The molecule has 2 aliphatic rings. The molecule has 0 spiro atoms. The number of piperidine rings is 1. The SMILES string of the molecule is CC1(CNC(=O)CCN2C(=O)CCc3ccccc32)CCNCC1.Cl. The first-order valence-electron chi connectivity index (χ1n) is 8.93. The van der Waals surface area contributed by atoms with Gasteiger partial charge in [0.2, 0.25) is 11.8 Å². The fourth-order valence-corrected chi connectivity index (χ4v) is 3.56. The number of nitrogens with one attached hydrogen (secondary N) is 2. The van der Waals surface area contributed by atoms with Crippen LogP contribution in [0.15, 0.2) is 24.3 Å². The number of nitrogens with zero attached hydrogens (tertiary/aromatic N) is 1. The molecule has 0 radical (unpaired) electrons. The summed E-state index contributed by atoms with van der Waals surface area (Å²) in [6, 6.07) is 7.98. The van der Waals surface area contributed by atoms with Crippen LogP contribution in [0.1, 0.15) is 38.2 Å². The predicted octanol–water partition coefficient (Wildman–Crippen LogP) is 2.28. The second-order valence-corrected chi connectivity index (χ2v) is 7.26. The largest absolute Gasteiger partial charge is 0.355 e. The highest BCUT2D eigenvalue weighted by Gasteiger charge is 2.28. The minimum absolute atomic E-state index is 0. The maximum atomic E-state index is 12.2. The maximum absolute atomic E-state index is 12.2. The molecule has 1 aromatic rings. The van der Waals surface area contributed by atoms with Crippen molar-refractivity contribution in [3.8, 4) is 0 Å². The zero-order valence-electron chi connectivity index (χ0n) is 14.8. The van der Waals surface area contributed by atoms with E-state index >= 15 is 0 Å². The molecule has 0 atom stereocenters. The Morgan fingerprint density at radius 1 is 1.24 bits per heavy atom. The molecule has 1 aromatic carbocycles. The Morgan fingerprint density at radius 3 is 2.72 bits per heavy atom. The van der Waals surface area contributed by atoms with E-state index in [1.54, 1.807) is 4.90 Å². The zero-order chi connectivity index (χ0) is 17.0. The molecule has 2 heterocycles. The molecule has 2 aliphatic heterocycles. The summed E-state index contributed by atoms with van der Waals surface area (Å²) < 4.78 is 0. The second kappa shape index (κ2) is 8.68. The second-order valence-electron chi connectivity index (χ2n) is 7.26. The third-order valence-corrected chi connectivity index (χ3v) is 5.28. The van der Waals surface area contributed by atoms with Gasteiger partial charge in [0.15, 0.2) is 0 Å². The first-order valence-corrected chi connectivity index (χ1v) is 8.93. The molecule has 6 heteroatoms. The summed E-state index contributed by atoms with van der Waals surface area (Å²) in [5.41, 5.74) is 2.35. The lowest BCUT2D eigenvalue weighted by atomic mass is 9.81. The molecule has 0 aliphatic carbocycles. The molecule has 0 aromatic heterocycles. The van der Waals surface area contributed by atoms with Crippen LogP contribution in [0.4, 0.5) is 5.69 Å². The Labute approximate surface area is 155 Å². The van der Waals surface area contributed by atoms with E-state index < -0.39 is 0 Å². The van der Waals surface area contributed by atoms with Crippen LogP contribution in [0.25, 0.3) is 0 Å². The lowest BCUT2D eigenvalue weighted by molar-refractivity contribution is -0.121. The Kier molecular flexibility index (Phi) is 6.85. The highest BCUT2D eigenvalue weighted by molar-refractivity contribution is 5.96. The quantitative estimate of drug-likeness (QED) is 0.841. The van der Waals surface area contributed by atoms with Crippen molar-refractivity contribution in [2.24, 2.45) is 5.41 Å². The van der Waals surface area contributed by atoms with Gasteiger partial charge in [-0.2, -0.15) is 0 Å². The highest BCUT2D eigenvalue weighted by atomic mass is 35.5. The molecule has 25 heavy (non-hydrogen) atoms. The smallest absolute Gasteiger partial charge is 0.227 e. The average molecular weight is 366 g/mol. The number of halogens is 1. The summed E-state index contributed by atoms with van der Waals surface area (Å²) in [4.78, 5) is 26.2. The third kappa shape index (κ3) is 4.95. The molecule has 2 N–H and O–H groups in total. The number of carbonyl (C=O) groups excluding carboxylic acids is 2. The van der Waals surface area contributed by atoms with Gasteiger partial charge in [0.05, 0.1) is 0 Å². The van der Waals surface area contributed by atoms with E-state index in [1.165, 1.54) is 5.56 Å². The number of para-hydroxylation sites is 1. The van der Waals surface area contributed by atoms with E-state index in [1.807, 2.05) is 18.2 Å². The molecular weight excluding hydrogens is 338 g/mol. The van der Waals surface area contributed by atoms with Crippen molar-refractivity contribution in [3.05, 3.63) is 29.8 Å². The summed E-state index contributed by atoms with van der Waals surface area (Å²) in [7, 11) is 0. The van der Waals surface area contributed by atoms with Gasteiger partial charge in [-0.15, -0.1) is 12.4 Å². The summed E-state index contributed by atoms with van der Waals surface area (Å²) in [6.07, 6.45) is 3.86. The Morgan fingerprint density at radius 2 is 1.96 bits per heavy atom. The molecule has 5 nitrogen and oxygen atoms in total. The number of rotatable bonds is 5. The summed E-state index contributed by atoms with van der Waals surface area (Å²) in [6.45, 7) is 5.45. The van der Waals surface area contributed by atoms with Crippen molar-refractivity contribution < 1.29 is 9.59 Å². The number of benzene rings is 1. The van der Waals surface area contributed by atoms with Crippen LogP contribution in [0.2, 0.25) is 0 Å². The first kappa shape index (κ1) is 19.7. The van der Waals surface area contributed by atoms with Gasteiger partial charge in [-0.25, -0.2) is 0 Å². The van der Waals surface area contributed by atoms with E-state index in [0.717, 1.165) is 44.6 Å². The molecule has 3 rings (SSSR count). The van der Waals surface area contributed by atoms with Crippen LogP contribution in [-0.4, -0.2) is 38.0 Å². The number of fused-ring (bicyclic) bond motifs is 1. The Balaban J connectivity index is 0.00000225. The van der Waals surface area contributed by atoms with E-state index in [4.69, 9.17) is 0 Å². The van der Waals surface area contributed by atoms with Crippen LogP contribution in [-0.2, 0) is 16.0 Å². The summed E-state index contributed by atoms with van der Waals surface area (Å²) >= 11 is 0. The van der Waals surface area contributed by atoms with Crippen LogP contribution < -0.4 is 15.5 Å². The standard InChI is InChI=1S/C19H27N3O2.ClH/c1-19(9-11-20-12-10-19)14-21-17(23)8-13-22-16-5-3-2-4-15(16)6-7-18(22)24;/h2-5,20H,6-14H2,1H3,(H,21,23);1H. The van der Waals surface area contributed by atoms with Crippen molar-refractivity contribution in [1.29, 1.82) is 0 Å². The number of aryl methyl sites for hydroxylation is 1. The molecule has 1 fully saturated rings. The van der Waals surface area contributed by atoms with Gasteiger partial charge in [0.25, 0.3) is 0 Å². The van der Waals surface area contributed by atoms with Crippen molar-refractivity contribution in [3.63, 3.8) is 0 Å². The number of amides is 2. The fraction of sp³-hybridized carbons (Fsp3) is 0.579. The van der Waals surface area contributed by atoms with Gasteiger partial charge in [0.1, 0.15) is 0 Å². The third-order valence-electron chi connectivity index (χ3n) is 5.28. The van der Waals surface area contributed by atoms with Crippen LogP contribution in [0.3, 0.4) is 0 Å². The van der Waals surface area contributed by atoms with Crippen molar-refractivity contribution in [2.75, 3.05) is 31.1 Å². The Hall–Kier alpha value is -1.59. The lowest BCUT2D eigenvalue weighted by Crippen LogP contribution is -2.44. The number of hydrogen-bond donors (Lipinski definition) is 2. The zero-order valence-corrected chi connectivity index (χ0v) is 15.7. The monoisotopic (exact) mass is 365 g/mol. The van der Waals surface area contributed by atoms with Gasteiger partial charge in [-0.05, 0) is 49.4 Å². The van der Waals surface area contributed by atoms with Gasteiger partial charge in [-0.1, -0.05) is 25.1 Å². The van der Waals surface area contributed by atoms with Crippen molar-refractivity contribution in [1.82, 2.24) is 10.6 Å². The average Bonchev–Trinajstić information content (AvgIpc) is 2.60. The number of anilines is 1. The normalized spacial score (nSPS) is 18.9. The molecule has 1 saturated heterocycles. The van der Waals surface area contributed by atoms with Gasteiger partial charge in [-0.3, -0.25) is 9.59 Å². The summed E-state index contributed by atoms with van der Waals surface area (Å²) in [5.74, 6) is 0.150. The van der Waals surface area contributed by atoms with Crippen molar-refractivity contribution >= 4 is 29.9 Å². The molecule has 0 saturated carbocycles. The minimum Gasteiger partial charge on any atom is -0.355 e. The number of carbonyl (C=O) groups is 2. The minimum atomic E-state index is 0. The van der Waals surface area contributed by atoms with Crippen LogP contribution in [0, 0.1) is 5.41 Å². The van der Waals surface area contributed by atoms with E-state index in [0.29, 0.717) is 19.4 Å². The van der Waals surface area contributed by atoms with Crippen LogP contribution >= 0.6 is 12.4 Å². The van der Waals surface area contributed by atoms with E-state index in [-0.39, 0.29) is 29.6 Å². The van der Waals surface area contributed by atoms with E-state index in [2.05, 4.69) is 23.6 Å². The van der Waals surface area contributed by atoms with Crippen molar-refractivity contribution in [2.45, 2.75) is 39.0 Å².